The van der Waals surface area contributed by atoms with Gasteiger partial charge in [-0.1, -0.05) is 24.3 Å². The summed E-state index contributed by atoms with van der Waals surface area (Å²) in [5.41, 5.74) is 1.04. The second kappa shape index (κ2) is 9.18. The molecule has 7 nitrogen and oxygen atoms in total. The van der Waals surface area contributed by atoms with E-state index in [-0.39, 0.29) is 35.7 Å². The zero-order chi connectivity index (χ0) is 20.8. The van der Waals surface area contributed by atoms with Crippen LogP contribution in [0.3, 0.4) is 0 Å². The molecule has 8 heteroatoms. The molecule has 0 atom stereocenters. The molecule has 1 fully saturated rings. The lowest BCUT2D eigenvalue weighted by atomic mass is 10.0. The molecular weight excluding hydrogens is 377 g/mol. The summed E-state index contributed by atoms with van der Waals surface area (Å²) < 4.78 is 13.8. The topological polar surface area (TPSA) is 98.7 Å². The molecule has 2 aromatic rings. The molecule has 1 aliphatic heterocycles. The van der Waals surface area contributed by atoms with E-state index in [2.05, 4.69) is 10.6 Å². The lowest BCUT2D eigenvalue weighted by molar-refractivity contribution is 0.0690. The van der Waals surface area contributed by atoms with Gasteiger partial charge in [0.2, 0.25) is 0 Å². The molecule has 3 amide bonds. The zero-order valence-electron chi connectivity index (χ0n) is 15.7. The Hall–Kier alpha value is -3.42. The Morgan fingerprint density at radius 2 is 1.69 bits per heavy atom. The summed E-state index contributed by atoms with van der Waals surface area (Å²) in [7, 11) is 0. The standard InChI is InChI=1S/C21H22FN3O4/c22-18-4-2-1-3-17(18)19(26)25-11-9-16(10-12-25)24-21(29)23-13-14-5-7-15(8-6-14)20(27)28/h1-8,16H,9-13H2,(H,27,28)(H2,23,24,29). The molecule has 0 bridgehead atoms. The first-order chi connectivity index (χ1) is 13.9. The molecule has 0 unspecified atom stereocenters. The van der Waals surface area contributed by atoms with Crippen LogP contribution in [0.25, 0.3) is 0 Å². The number of likely N-dealkylation sites (tertiary alicyclic amines) is 1. The number of halogens is 1. The lowest BCUT2D eigenvalue weighted by Crippen LogP contribution is -2.49. The van der Waals surface area contributed by atoms with Crippen LogP contribution in [-0.2, 0) is 6.54 Å². The highest BCUT2D eigenvalue weighted by molar-refractivity contribution is 5.94. The summed E-state index contributed by atoms with van der Waals surface area (Å²) in [4.78, 5) is 37.0. The maximum atomic E-state index is 13.8. The summed E-state index contributed by atoms with van der Waals surface area (Å²) in [5.74, 6) is -1.87. The number of nitrogens with zero attached hydrogens (tertiary/aromatic N) is 1. The van der Waals surface area contributed by atoms with Crippen molar-refractivity contribution >= 4 is 17.9 Å². The highest BCUT2D eigenvalue weighted by Crippen LogP contribution is 2.16. The molecule has 0 radical (unpaired) electrons. The van der Waals surface area contributed by atoms with Crippen LogP contribution in [0.2, 0.25) is 0 Å². The van der Waals surface area contributed by atoms with Gasteiger partial charge in [-0.05, 0) is 42.7 Å². The normalized spacial score (nSPS) is 14.3. The van der Waals surface area contributed by atoms with Crippen molar-refractivity contribution < 1.29 is 23.9 Å². The largest absolute Gasteiger partial charge is 0.478 e. The first kappa shape index (κ1) is 20.3. The fourth-order valence-corrected chi connectivity index (χ4v) is 3.22. The third-order valence-electron chi connectivity index (χ3n) is 4.88. The van der Waals surface area contributed by atoms with Crippen LogP contribution in [0.4, 0.5) is 9.18 Å². The van der Waals surface area contributed by atoms with Crippen LogP contribution in [0.15, 0.2) is 48.5 Å². The number of rotatable bonds is 5. The predicted molar refractivity (Wildman–Crippen MR) is 104 cm³/mol. The average molecular weight is 399 g/mol. The van der Waals surface area contributed by atoms with Gasteiger partial charge in [0.05, 0.1) is 11.1 Å². The number of nitrogens with one attached hydrogen (secondary N) is 2. The first-order valence-corrected chi connectivity index (χ1v) is 9.34. The van der Waals surface area contributed by atoms with E-state index in [1.165, 1.54) is 24.3 Å². The van der Waals surface area contributed by atoms with Gasteiger partial charge < -0.3 is 20.6 Å². The Kier molecular flexibility index (Phi) is 6.43. The molecule has 1 saturated heterocycles. The first-order valence-electron chi connectivity index (χ1n) is 9.34. The molecule has 0 aliphatic carbocycles. The maximum Gasteiger partial charge on any atom is 0.335 e. The van der Waals surface area contributed by atoms with Crippen molar-refractivity contribution in [1.82, 2.24) is 15.5 Å². The van der Waals surface area contributed by atoms with Gasteiger partial charge in [0.15, 0.2) is 0 Å². The van der Waals surface area contributed by atoms with E-state index in [4.69, 9.17) is 5.11 Å². The monoisotopic (exact) mass is 399 g/mol. The van der Waals surface area contributed by atoms with Crippen molar-refractivity contribution in [2.24, 2.45) is 0 Å². The van der Waals surface area contributed by atoms with Crippen LogP contribution in [0.5, 0.6) is 0 Å². The van der Waals surface area contributed by atoms with Gasteiger partial charge in [-0.2, -0.15) is 0 Å². The van der Waals surface area contributed by atoms with Gasteiger partial charge in [0.1, 0.15) is 5.82 Å². The fourth-order valence-electron chi connectivity index (χ4n) is 3.22. The highest BCUT2D eigenvalue weighted by atomic mass is 19.1. The molecule has 1 aliphatic rings. The molecule has 29 heavy (non-hydrogen) atoms. The number of hydrogen-bond donors (Lipinski definition) is 3. The maximum absolute atomic E-state index is 13.8. The molecular formula is C21H22FN3O4. The van der Waals surface area contributed by atoms with E-state index in [0.29, 0.717) is 25.9 Å². The molecule has 1 heterocycles. The summed E-state index contributed by atoms with van der Waals surface area (Å²) in [6, 6.07) is 11.8. The minimum Gasteiger partial charge on any atom is -0.478 e. The number of carboxylic acid groups (broad SMARTS) is 1. The van der Waals surface area contributed by atoms with Crippen molar-refractivity contribution in [2.45, 2.75) is 25.4 Å². The molecule has 3 rings (SSSR count). The minimum atomic E-state index is -0.998. The Morgan fingerprint density at radius 1 is 1.03 bits per heavy atom. The second-order valence-corrected chi connectivity index (χ2v) is 6.88. The van der Waals surface area contributed by atoms with Crippen LogP contribution < -0.4 is 10.6 Å². The van der Waals surface area contributed by atoms with Gasteiger partial charge in [-0.3, -0.25) is 4.79 Å². The quantitative estimate of drug-likeness (QED) is 0.720. The fraction of sp³-hybridized carbons (Fsp3) is 0.286. The third kappa shape index (κ3) is 5.31. The van der Waals surface area contributed by atoms with Crippen LogP contribution in [-0.4, -0.2) is 47.0 Å². The number of hydrogen-bond acceptors (Lipinski definition) is 3. The Morgan fingerprint density at radius 3 is 2.31 bits per heavy atom. The van der Waals surface area contributed by atoms with E-state index in [9.17, 15) is 18.8 Å². The number of carboxylic acids is 1. The smallest absolute Gasteiger partial charge is 0.335 e. The Labute approximate surface area is 167 Å². The number of piperidine rings is 1. The number of carbonyl (C=O) groups excluding carboxylic acids is 2. The summed E-state index contributed by atoms with van der Waals surface area (Å²) >= 11 is 0. The lowest BCUT2D eigenvalue weighted by Gasteiger charge is -2.32. The second-order valence-electron chi connectivity index (χ2n) is 6.88. The zero-order valence-corrected chi connectivity index (χ0v) is 15.7. The van der Waals surface area contributed by atoms with Crippen LogP contribution >= 0.6 is 0 Å². The van der Waals surface area contributed by atoms with E-state index in [1.54, 1.807) is 29.2 Å². The van der Waals surface area contributed by atoms with E-state index in [1.807, 2.05) is 0 Å². The predicted octanol–water partition coefficient (Wildman–Crippen LogP) is 2.63. The summed E-state index contributed by atoms with van der Waals surface area (Å²) in [6.07, 6.45) is 1.17. The highest BCUT2D eigenvalue weighted by Gasteiger charge is 2.25. The molecule has 0 saturated carbocycles. The van der Waals surface area contributed by atoms with E-state index < -0.39 is 11.8 Å². The molecule has 152 valence electrons. The molecule has 0 aromatic heterocycles. The molecule has 2 aromatic carbocycles. The van der Waals surface area contributed by atoms with Gasteiger partial charge in [0.25, 0.3) is 5.91 Å². The third-order valence-corrected chi connectivity index (χ3v) is 4.88. The number of benzene rings is 2. The molecule has 3 N–H and O–H groups in total. The van der Waals surface area contributed by atoms with Crippen LogP contribution in [0, 0.1) is 5.82 Å². The molecule has 0 spiro atoms. The van der Waals surface area contributed by atoms with Gasteiger partial charge in [0, 0.05) is 25.7 Å². The van der Waals surface area contributed by atoms with Crippen molar-refractivity contribution in [2.75, 3.05) is 13.1 Å². The average Bonchev–Trinajstić information content (AvgIpc) is 2.73. The summed E-state index contributed by atoms with van der Waals surface area (Å²) in [5, 5.41) is 14.5. The van der Waals surface area contributed by atoms with Crippen molar-refractivity contribution in [3.05, 3.63) is 71.0 Å². The Balaban J connectivity index is 1.43. The number of aromatic carboxylic acids is 1. The number of carbonyl (C=O) groups is 3. The van der Waals surface area contributed by atoms with Crippen LogP contribution in [0.1, 0.15) is 39.1 Å². The number of amides is 3. The van der Waals surface area contributed by atoms with E-state index >= 15 is 0 Å². The summed E-state index contributed by atoms with van der Waals surface area (Å²) in [6.45, 7) is 1.15. The van der Waals surface area contributed by atoms with Gasteiger partial charge in [-0.15, -0.1) is 0 Å². The van der Waals surface area contributed by atoms with Crippen molar-refractivity contribution in [1.29, 1.82) is 0 Å². The minimum absolute atomic E-state index is 0.0607. The van der Waals surface area contributed by atoms with Gasteiger partial charge >= 0.3 is 12.0 Å². The number of urea groups is 1. The Bertz CT molecular complexity index is 893. The van der Waals surface area contributed by atoms with Crippen molar-refractivity contribution in [3.63, 3.8) is 0 Å². The van der Waals surface area contributed by atoms with E-state index in [0.717, 1.165) is 5.56 Å². The SMILES string of the molecule is O=C(NCc1ccc(C(=O)O)cc1)NC1CCN(C(=O)c2ccccc2F)CC1. The van der Waals surface area contributed by atoms with Crippen molar-refractivity contribution in [3.8, 4) is 0 Å². The van der Waals surface area contributed by atoms with Gasteiger partial charge in [-0.25, -0.2) is 14.0 Å².